The largest absolute Gasteiger partial charge is 0.359 e. The van der Waals surface area contributed by atoms with Crippen LogP contribution < -0.4 is 0 Å². The van der Waals surface area contributed by atoms with Crippen molar-refractivity contribution in [3.63, 3.8) is 0 Å². The zero-order valence-corrected chi connectivity index (χ0v) is 13.7. The van der Waals surface area contributed by atoms with Gasteiger partial charge in [0.1, 0.15) is 6.79 Å². The van der Waals surface area contributed by atoms with Crippen LogP contribution in [0.15, 0.2) is 54.6 Å². The monoisotopic (exact) mass is 382 g/mol. The van der Waals surface area contributed by atoms with Crippen LogP contribution >= 0.6 is 22.6 Å². The summed E-state index contributed by atoms with van der Waals surface area (Å²) >= 11 is 2.38. The van der Waals surface area contributed by atoms with Crippen molar-refractivity contribution in [2.24, 2.45) is 0 Å². The Morgan fingerprint density at radius 1 is 0.950 bits per heavy atom. The molecule has 2 aromatic rings. The van der Waals surface area contributed by atoms with Crippen molar-refractivity contribution >= 4 is 22.6 Å². The Hall–Kier alpha value is -0.910. The molecule has 2 rings (SSSR count). The molecule has 1 atom stereocenters. The Balaban J connectivity index is 2.05. The lowest BCUT2D eigenvalue weighted by Gasteiger charge is -2.18. The van der Waals surface area contributed by atoms with Crippen LogP contribution in [-0.4, -0.2) is 20.0 Å². The molecule has 0 aromatic heterocycles. The van der Waals surface area contributed by atoms with Crippen LogP contribution in [0.2, 0.25) is 0 Å². The van der Waals surface area contributed by atoms with Crippen molar-refractivity contribution in [2.75, 3.05) is 13.9 Å². The second kappa shape index (κ2) is 8.39. The molecule has 2 aromatic carbocycles. The predicted molar refractivity (Wildman–Crippen MR) is 89.8 cm³/mol. The summed E-state index contributed by atoms with van der Waals surface area (Å²) in [4.78, 5) is 0. The summed E-state index contributed by atoms with van der Waals surface area (Å²) < 4.78 is 12.2. The topological polar surface area (TPSA) is 18.5 Å². The molecule has 0 spiro atoms. The molecule has 0 saturated carbocycles. The zero-order valence-electron chi connectivity index (χ0n) is 11.6. The van der Waals surface area contributed by atoms with E-state index in [1.165, 1.54) is 14.7 Å². The highest BCUT2D eigenvalue weighted by Crippen LogP contribution is 2.17. The summed E-state index contributed by atoms with van der Waals surface area (Å²) in [7, 11) is 1.66. The summed E-state index contributed by atoms with van der Waals surface area (Å²) in [6, 6.07) is 18.9. The van der Waals surface area contributed by atoms with Crippen LogP contribution in [0.25, 0.3) is 0 Å². The van der Waals surface area contributed by atoms with Crippen molar-refractivity contribution in [3.05, 3.63) is 69.3 Å². The highest BCUT2D eigenvalue weighted by Gasteiger charge is 2.13. The molecule has 3 heteroatoms. The van der Waals surface area contributed by atoms with Crippen molar-refractivity contribution in [1.82, 2.24) is 0 Å². The van der Waals surface area contributed by atoms with Gasteiger partial charge in [-0.25, -0.2) is 0 Å². The van der Waals surface area contributed by atoms with Crippen molar-refractivity contribution in [3.8, 4) is 0 Å². The third kappa shape index (κ3) is 4.89. The first-order chi connectivity index (χ1) is 9.79. The minimum absolute atomic E-state index is 0.133. The molecule has 0 heterocycles. The number of ether oxygens (including phenoxy) is 2. The molecule has 0 radical (unpaired) electrons. The van der Waals surface area contributed by atoms with E-state index in [1.54, 1.807) is 7.11 Å². The predicted octanol–water partition coefficient (Wildman–Crippen LogP) is 4.07. The minimum Gasteiger partial charge on any atom is -0.359 e. The molecule has 1 unspecified atom stereocenters. The van der Waals surface area contributed by atoms with Gasteiger partial charge in [-0.15, -0.1) is 0 Å². The van der Waals surface area contributed by atoms with Crippen LogP contribution in [0, 0.1) is 3.57 Å². The standard InChI is InChI=1S/C17H19IO2/c1-19-13-20-16(11-14-7-3-2-4-8-14)12-15-9-5-6-10-17(15)18/h2-10,16H,11-13H2,1H3. The maximum Gasteiger partial charge on any atom is 0.146 e. The lowest BCUT2D eigenvalue weighted by Crippen LogP contribution is -2.21. The van der Waals surface area contributed by atoms with Crippen LogP contribution in [-0.2, 0) is 22.3 Å². The van der Waals surface area contributed by atoms with Crippen LogP contribution in [0.1, 0.15) is 11.1 Å². The van der Waals surface area contributed by atoms with E-state index >= 15 is 0 Å². The van der Waals surface area contributed by atoms with E-state index in [9.17, 15) is 0 Å². The van der Waals surface area contributed by atoms with Crippen LogP contribution in [0.3, 0.4) is 0 Å². The number of halogens is 1. The molecule has 0 aliphatic heterocycles. The first-order valence-corrected chi connectivity index (χ1v) is 7.75. The number of hydrogen-bond donors (Lipinski definition) is 0. The second-order valence-corrected chi connectivity index (χ2v) is 5.84. The third-order valence-electron chi connectivity index (χ3n) is 3.13. The van der Waals surface area contributed by atoms with Crippen molar-refractivity contribution < 1.29 is 9.47 Å². The lowest BCUT2D eigenvalue weighted by molar-refractivity contribution is -0.0708. The number of benzene rings is 2. The Kier molecular flexibility index (Phi) is 6.50. The van der Waals surface area contributed by atoms with Gasteiger partial charge in [0.05, 0.1) is 6.10 Å². The van der Waals surface area contributed by atoms with Gasteiger partial charge in [-0.1, -0.05) is 48.5 Å². The summed E-state index contributed by atoms with van der Waals surface area (Å²) in [6.07, 6.45) is 1.93. The smallest absolute Gasteiger partial charge is 0.146 e. The SMILES string of the molecule is COCOC(Cc1ccccc1)Cc1ccccc1I. The van der Waals surface area contributed by atoms with Crippen molar-refractivity contribution in [1.29, 1.82) is 0 Å². The minimum atomic E-state index is 0.133. The van der Waals surface area contributed by atoms with Gasteiger partial charge in [-0.3, -0.25) is 0 Å². The Morgan fingerprint density at radius 2 is 1.65 bits per heavy atom. The van der Waals surface area contributed by atoms with Gasteiger partial charge in [0.25, 0.3) is 0 Å². The Bertz CT molecular complexity index is 513. The second-order valence-electron chi connectivity index (χ2n) is 4.68. The normalized spacial score (nSPS) is 12.3. The van der Waals surface area contributed by atoms with Crippen molar-refractivity contribution in [2.45, 2.75) is 18.9 Å². The van der Waals surface area contributed by atoms with Gasteiger partial charge < -0.3 is 9.47 Å². The van der Waals surface area contributed by atoms with E-state index < -0.39 is 0 Å². The van der Waals surface area contributed by atoms with Gasteiger partial charge in [0.2, 0.25) is 0 Å². The van der Waals surface area contributed by atoms with E-state index in [0.29, 0.717) is 6.79 Å². The summed E-state index contributed by atoms with van der Waals surface area (Å²) in [5, 5.41) is 0. The van der Waals surface area contributed by atoms with Gasteiger partial charge in [-0.05, 0) is 46.2 Å². The average Bonchev–Trinajstić information content (AvgIpc) is 2.48. The molecule has 0 amide bonds. The molecule has 0 bridgehead atoms. The Morgan fingerprint density at radius 3 is 2.35 bits per heavy atom. The first kappa shape index (κ1) is 15.5. The fourth-order valence-corrected chi connectivity index (χ4v) is 2.75. The van der Waals surface area contributed by atoms with Crippen LogP contribution in [0.4, 0.5) is 0 Å². The molecule has 0 aliphatic carbocycles. The summed E-state index contributed by atoms with van der Waals surface area (Å²) in [5.41, 5.74) is 2.62. The molecular formula is C17H19IO2. The molecule has 0 saturated heterocycles. The molecular weight excluding hydrogens is 363 g/mol. The zero-order chi connectivity index (χ0) is 14.2. The van der Waals surface area contributed by atoms with E-state index in [1.807, 2.05) is 6.07 Å². The Labute approximate surface area is 134 Å². The highest BCUT2D eigenvalue weighted by molar-refractivity contribution is 14.1. The van der Waals surface area contributed by atoms with E-state index in [0.717, 1.165) is 12.8 Å². The third-order valence-corrected chi connectivity index (χ3v) is 4.19. The maximum atomic E-state index is 5.83. The summed E-state index contributed by atoms with van der Waals surface area (Å²) in [5.74, 6) is 0. The molecule has 106 valence electrons. The average molecular weight is 382 g/mol. The molecule has 0 aliphatic rings. The lowest BCUT2D eigenvalue weighted by atomic mass is 10.0. The van der Waals surface area contributed by atoms with Gasteiger partial charge in [0.15, 0.2) is 0 Å². The van der Waals surface area contributed by atoms with Gasteiger partial charge in [-0.2, -0.15) is 0 Å². The highest BCUT2D eigenvalue weighted by atomic mass is 127. The molecule has 0 fully saturated rings. The van der Waals surface area contributed by atoms with Gasteiger partial charge >= 0.3 is 0 Å². The van der Waals surface area contributed by atoms with Crippen LogP contribution in [0.5, 0.6) is 0 Å². The van der Waals surface area contributed by atoms with E-state index in [2.05, 4.69) is 71.1 Å². The van der Waals surface area contributed by atoms with E-state index in [4.69, 9.17) is 9.47 Å². The number of methoxy groups -OCH3 is 1. The maximum absolute atomic E-state index is 5.83. The summed E-state index contributed by atoms with van der Waals surface area (Å²) in [6.45, 7) is 0.334. The number of rotatable bonds is 7. The fourth-order valence-electron chi connectivity index (χ4n) is 2.14. The molecule has 0 N–H and O–H groups in total. The number of hydrogen-bond acceptors (Lipinski definition) is 2. The quantitative estimate of drug-likeness (QED) is 0.531. The van der Waals surface area contributed by atoms with Gasteiger partial charge in [0, 0.05) is 17.1 Å². The molecule has 2 nitrogen and oxygen atoms in total. The fraction of sp³-hybridized carbons (Fsp3) is 0.294. The first-order valence-electron chi connectivity index (χ1n) is 6.67. The molecule has 20 heavy (non-hydrogen) atoms. The van der Waals surface area contributed by atoms with E-state index in [-0.39, 0.29) is 6.10 Å².